The average Bonchev–Trinajstić information content (AvgIpc) is 2.49. The van der Waals surface area contributed by atoms with Gasteiger partial charge in [0, 0.05) is 22.8 Å². The molecule has 0 aliphatic rings. The molecule has 2 heterocycles. The van der Waals surface area contributed by atoms with Crippen molar-refractivity contribution < 1.29 is 8.76 Å². The highest BCUT2D eigenvalue weighted by molar-refractivity contribution is 7.81. The summed E-state index contributed by atoms with van der Waals surface area (Å²) in [5.41, 5.74) is 1.14. The van der Waals surface area contributed by atoms with Crippen molar-refractivity contribution in [1.82, 2.24) is 9.97 Å². The normalized spacial score (nSPS) is 12.3. The van der Waals surface area contributed by atoms with E-state index in [1.54, 1.807) is 54.9 Å². The predicted octanol–water partition coefficient (Wildman–Crippen LogP) is 3.22. The summed E-state index contributed by atoms with van der Waals surface area (Å²) in [4.78, 5) is 8.36. The molecule has 0 saturated heterocycles. The van der Waals surface area contributed by atoms with Crippen molar-refractivity contribution in [3.05, 3.63) is 59.9 Å². The number of aromatic nitrogens is 2. The average molecular weight is 319 g/mol. The monoisotopic (exact) mass is 318 g/mol. The maximum Gasteiger partial charge on any atom is 0.144 e. The number of anilines is 2. The summed E-state index contributed by atoms with van der Waals surface area (Å²) in [6.45, 7) is 0. The summed E-state index contributed by atoms with van der Waals surface area (Å²) < 4.78 is 24.2. The minimum atomic E-state index is -2.49. The lowest BCUT2D eigenvalue weighted by Crippen LogP contribution is -2.20. The first-order valence-electron chi connectivity index (χ1n) is 6.01. The van der Waals surface area contributed by atoms with Crippen LogP contribution in [0.15, 0.2) is 54.9 Å². The van der Waals surface area contributed by atoms with Crippen LogP contribution in [-0.4, -0.2) is 18.7 Å². The number of rotatable bonds is 3. The number of hydrogen-bond acceptors (Lipinski definition) is 4. The Labute approximate surface area is 128 Å². The standard InChI is InChI=1S/C14H10ClN3O2S/c15-11-2-4-12(5-3-11)18(21(19)20)14-6-1-10-9-16-8-7-13(10)17-14/h1-9H,(H,19,20)/p-1. The highest BCUT2D eigenvalue weighted by atomic mass is 35.5. The Balaban J connectivity index is 2.11. The van der Waals surface area contributed by atoms with E-state index in [2.05, 4.69) is 9.97 Å². The molecular formula is C14H9ClN3O2S-. The molecule has 1 unspecified atom stereocenters. The first-order valence-corrected chi connectivity index (χ1v) is 7.42. The van der Waals surface area contributed by atoms with Gasteiger partial charge in [0.1, 0.15) is 5.82 Å². The fourth-order valence-electron chi connectivity index (χ4n) is 1.94. The number of pyridine rings is 2. The van der Waals surface area contributed by atoms with Gasteiger partial charge in [0.2, 0.25) is 0 Å². The van der Waals surface area contributed by atoms with Crippen LogP contribution in [0, 0.1) is 0 Å². The Morgan fingerprint density at radius 3 is 2.57 bits per heavy atom. The van der Waals surface area contributed by atoms with Crippen LogP contribution in [0.2, 0.25) is 5.02 Å². The van der Waals surface area contributed by atoms with Crippen molar-refractivity contribution in [2.45, 2.75) is 0 Å². The Morgan fingerprint density at radius 2 is 1.86 bits per heavy atom. The molecule has 3 aromatic rings. The Bertz CT molecular complexity index is 811. The lowest BCUT2D eigenvalue weighted by Gasteiger charge is -2.25. The first-order chi connectivity index (χ1) is 10.1. The molecule has 0 bridgehead atoms. The van der Waals surface area contributed by atoms with E-state index < -0.39 is 11.3 Å². The third-order valence-corrected chi connectivity index (χ3v) is 3.84. The second-order valence-electron chi connectivity index (χ2n) is 4.23. The van der Waals surface area contributed by atoms with Gasteiger partial charge in [0.25, 0.3) is 0 Å². The number of fused-ring (bicyclic) bond motifs is 1. The Morgan fingerprint density at radius 1 is 1.10 bits per heavy atom. The molecule has 0 N–H and O–H groups in total. The molecule has 0 aliphatic carbocycles. The van der Waals surface area contributed by atoms with E-state index >= 15 is 0 Å². The molecule has 0 fully saturated rings. The largest absolute Gasteiger partial charge is 0.755 e. The quantitative estimate of drug-likeness (QED) is 0.695. The molecule has 2 aromatic heterocycles. The first kappa shape index (κ1) is 13.9. The highest BCUT2D eigenvalue weighted by Crippen LogP contribution is 2.27. The van der Waals surface area contributed by atoms with Gasteiger partial charge in [-0.2, -0.15) is 0 Å². The van der Waals surface area contributed by atoms with Crippen LogP contribution in [0.4, 0.5) is 11.5 Å². The molecule has 106 valence electrons. The topological polar surface area (TPSA) is 69.2 Å². The lowest BCUT2D eigenvalue weighted by atomic mass is 10.2. The highest BCUT2D eigenvalue weighted by Gasteiger charge is 2.12. The molecule has 21 heavy (non-hydrogen) atoms. The van der Waals surface area contributed by atoms with Crippen molar-refractivity contribution in [3.63, 3.8) is 0 Å². The van der Waals surface area contributed by atoms with E-state index in [-0.39, 0.29) is 0 Å². The molecule has 1 aromatic carbocycles. The minimum absolute atomic E-state index is 0.310. The molecule has 0 radical (unpaired) electrons. The summed E-state index contributed by atoms with van der Waals surface area (Å²) in [6.07, 6.45) is 3.28. The zero-order valence-electron chi connectivity index (χ0n) is 10.6. The fourth-order valence-corrected chi connectivity index (χ4v) is 2.61. The van der Waals surface area contributed by atoms with Crippen LogP contribution >= 0.6 is 11.6 Å². The molecular weight excluding hydrogens is 310 g/mol. The predicted molar refractivity (Wildman–Crippen MR) is 82.0 cm³/mol. The van der Waals surface area contributed by atoms with Gasteiger partial charge >= 0.3 is 0 Å². The Hall–Kier alpha value is -2.02. The number of nitrogens with zero attached hydrogens (tertiary/aromatic N) is 3. The number of halogens is 1. The number of hydrogen-bond donors (Lipinski definition) is 0. The van der Waals surface area contributed by atoms with Gasteiger partial charge in [-0.1, -0.05) is 11.6 Å². The molecule has 3 rings (SSSR count). The van der Waals surface area contributed by atoms with Gasteiger partial charge in [-0.05, 0) is 42.5 Å². The Kier molecular flexibility index (Phi) is 3.83. The summed E-state index contributed by atoms with van der Waals surface area (Å²) >= 11 is 3.33. The molecule has 1 atom stereocenters. The zero-order valence-corrected chi connectivity index (χ0v) is 12.2. The van der Waals surface area contributed by atoms with Gasteiger partial charge in [-0.25, -0.2) is 4.98 Å². The van der Waals surface area contributed by atoms with Crippen molar-refractivity contribution in [1.29, 1.82) is 0 Å². The summed E-state index contributed by atoms with van der Waals surface area (Å²) in [6, 6.07) is 11.6. The van der Waals surface area contributed by atoms with Gasteiger partial charge in [0.05, 0.1) is 22.5 Å². The van der Waals surface area contributed by atoms with Crippen molar-refractivity contribution in [3.8, 4) is 0 Å². The maximum atomic E-state index is 11.6. The fraction of sp³-hybridized carbons (Fsp3) is 0. The molecule has 0 saturated carbocycles. The van der Waals surface area contributed by atoms with Crippen LogP contribution in [0.25, 0.3) is 10.9 Å². The SMILES string of the molecule is O=S([O-])N(c1ccc(Cl)cc1)c1ccc2cnccc2n1. The van der Waals surface area contributed by atoms with Crippen LogP contribution in [0.3, 0.4) is 0 Å². The van der Waals surface area contributed by atoms with E-state index in [9.17, 15) is 8.76 Å². The molecule has 0 amide bonds. The summed E-state index contributed by atoms with van der Waals surface area (Å²) in [5, 5.41) is 1.38. The van der Waals surface area contributed by atoms with Gasteiger partial charge in [0.15, 0.2) is 0 Å². The maximum absolute atomic E-state index is 11.6. The zero-order chi connectivity index (χ0) is 14.8. The van der Waals surface area contributed by atoms with Crippen LogP contribution < -0.4 is 4.31 Å². The molecule has 0 spiro atoms. The van der Waals surface area contributed by atoms with Gasteiger partial charge < -0.3 is 4.55 Å². The van der Waals surface area contributed by atoms with Crippen molar-refractivity contribution >= 4 is 45.3 Å². The van der Waals surface area contributed by atoms with E-state index in [4.69, 9.17) is 11.6 Å². The second kappa shape index (κ2) is 5.77. The third kappa shape index (κ3) is 2.87. The third-order valence-electron chi connectivity index (χ3n) is 2.89. The van der Waals surface area contributed by atoms with Gasteiger partial charge in [-0.3, -0.25) is 13.5 Å². The van der Waals surface area contributed by atoms with Crippen LogP contribution in [0.1, 0.15) is 0 Å². The summed E-state index contributed by atoms with van der Waals surface area (Å²) in [7, 11) is 0. The minimum Gasteiger partial charge on any atom is -0.755 e. The molecule has 0 aliphatic heterocycles. The molecule has 5 nitrogen and oxygen atoms in total. The van der Waals surface area contributed by atoms with Gasteiger partial charge in [-0.15, -0.1) is 0 Å². The van der Waals surface area contributed by atoms with E-state index in [1.165, 1.54) is 0 Å². The van der Waals surface area contributed by atoms with E-state index in [0.717, 1.165) is 9.69 Å². The second-order valence-corrected chi connectivity index (χ2v) is 5.46. The van der Waals surface area contributed by atoms with E-state index in [1.807, 2.05) is 0 Å². The molecule has 7 heteroatoms. The smallest absolute Gasteiger partial charge is 0.144 e. The van der Waals surface area contributed by atoms with Crippen LogP contribution in [0.5, 0.6) is 0 Å². The lowest BCUT2D eigenvalue weighted by molar-refractivity contribution is 0.537. The van der Waals surface area contributed by atoms with E-state index in [0.29, 0.717) is 22.0 Å². The number of benzene rings is 1. The summed E-state index contributed by atoms with van der Waals surface area (Å²) in [5.74, 6) is 0.310. The van der Waals surface area contributed by atoms with Crippen molar-refractivity contribution in [2.24, 2.45) is 0 Å². The van der Waals surface area contributed by atoms with Crippen molar-refractivity contribution in [2.75, 3.05) is 4.31 Å². The van der Waals surface area contributed by atoms with Crippen LogP contribution in [-0.2, 0) is 11.3 Å².